The Kier molecular flexibility index (Phi) is 5.38. The van der Waals surface area contributed by atoms with Crippen molar-refractivity contribution in [3.8, 4) is 5.75 Å². The van der Waals surface area contributed by atoms with E-state index in [1.54, 1.807) is 6.07 Å². The minimum absolute atomic E-state index is 0.116. The normalized spacial score (nSPS) is 13.9. The Morgan fingerprint density at radius 1 is 1.17 bits per heavy atom. The fraction of sp³-hybridized carbons (Fsp3) is 0.333. The van der Waals surface area contributed by atoms with E-state index in [9.17, 15) is 9.59 Å². The summed E-state index contributed by atoms with van der Waals surface area (Å²) in [6.45, 7) is 4.15. The highest BCUT2D eigenvalue weighted by Crippen LogP contribution is 2.30. The van der Waals surface area contributed by atoms with E-state index in [1.165, 1.54) is 0 Å². The van der Waals surface area contributed by atoms with Crippen LogP contribution in [0.4, 0.5) is 5.69 Å². The molecule has 1 amide bonds. The maximum Gasteiger partial charge on any atom is 0.339 e. The van der Waals surface area contributed by atoms with Crippen LogP contribution in [0.1, 0.15) is 49.3 Å². The van der Waals surface area contributed by atoms with Gasteiger partial charge < -0.3 is 14.5 Å². The van der Waals surface area contributed by atoms with E-state index in [0.717, 1.165) is 53.4 Å². The average Bonchev–Trinajstić information content (AvgIpc) is 3.23. The van der Waals surface area contributed by atoms with Gasteiger partial charge in [0.15, 0.2) is 6.61 Å². The van der Waals surface area contributed by atoms with Crippen molar-refractivity contribution in [1.82, 2.24) is 0 Å². The SMILES string of the molecule is CC[C@H](C)c1ccccc1NC(=O)COc1ccc2c3c(c(=O)oc2c1)CCC3. The predicted molar refractivity (Wildman–Crippen MR) is 114 cm³/mol. The van der Waals surface area contributed by atoms with Gasteiger partial charge in [0.1, 0.15) is 11.3 Å². The Morgan fingerprint density at radius 2 is 1.97 bits per heavy atom. The van der Waals surface area contributed by atoms with E-state index in [2.05, 4.69) is 19.2 Å². The number of carbonyl (C=O) groups is 1. The summed E-state index contributed by atoms with van der Waals surface area (Å²) in [6, 6.07) is 13.3. The van der Waals surface area contributed by atoms with Crippen molar-refractivity contribution in [1.29, 1.82) is 0 Å². The molecule has 0 bridgehead atoms. The monoisotopic (exact) mass is 391 g/mol. The number of para-hydroxylation sites is 1. The molecule has 0 aliphatic heterocycles. The first kappa shape index (κ1) is 19.2. The summed E-state index contributed by atoms with van der Waals surface area (Å²) in [5.74, 6) is 0.637. The molecule has 1 aliphatic carbocycles. The van der Waals surface area contributed by atoms with E-state index in [-0.39, 0.29) is 18.1 Å². The summed E-state index contributed by atoms with van der Waals surface area (Å²) >= 11 is 0. The molecule has 0 saturated heterocycles. The summed E-state index contributed by atoms with van der Waals surface area (Å²) in [4.78, 5) is 24.6. The summed E-state index contributed by atoms with van der Waals surface area (Å²) in [7, 11) is 0. The van der Waals surface area contributed by atoms with Crippen molar-refractivity contribution >= 4 is 22.6 Å². The minimum atomic E-state index is -0.262. The number of hydrogen-bond acceptors (Lipinski definition) is 4. The molecule has 3 aromatic rings. The molecule has 150 valence electrons. The quantitative estimate of drug-likeness (QED) is 0.612. The second-order valence-electron chi connectivity index (χ2n) is 7.59. The number of aryl methyl sites for hydroxylation is 1. The van der Waals surface area contributed by atoms with Crippen LogP contribution in [0.5, 0.6) is 5.75 Å². The van der Waals surface area contributed by atoms with Gasteiger partial charge in [0, 0.05) is 22.7 Å². The molecule has 5 nitrogen and oxygen atoms in total. The zero-order valence-corrected chi connectivity index (χ0v) is 16.8. The Hall–Kier alpha value is -3.08. The first-order valence-corrected chi connectivity index (χ1v) is 10.2. The molecule has 2 aromatic carbocycles. The molecule has 29 heavy (non-hydrogen) atoms. The Balaban J connectivity index is 1.47. The van der Waals surface area contributed by atoms with Crippen LogP contribution in [0.15, 0.2) is 51.7 Å². The summed E-state index contributed by atoms with van der Waals surface area (Å²) < 4.78 is 11.1. The second kappa shape index (κ2) is 8.11. The molecule has 1 aliphatic rings. The minimum Gasteiger partial charge on any atom is -0.484 e. The smallest absolute Gasteiger partial charge is 0.339 e. The third-order valence-corrected chi connectivity index (χ3v) is 5.69. The number of anilines is 1. The van der Waals surface area contributed by atoms with Crippen molar-refractivity contribution in [3.63, 3.8) is 0 Å². The van der Waals surface area contributed by atoms with Gasteiger partial charge in [-0.3, -0.25) is 4.79 Å². The van der Waals surface area contributed by atoms with Crippen LogP contribution in [0.25, 0.3) is 11.0 Å². The van der Waals surface area contributed by atoms with Crippen LogP contribution in [-0.4, -0.2) is 12.5 Å². The molecule has 0 spiro atoms. The topological polar surface area (TPSA) is 68.5 Å². The molecule has 1 N–H and O–H groups in total. The van der Waals surface area contributed by atoms with Crippen molar-refractivity contribution in [2.45, 2.75) is 45.4 Å². The number of carbonyl (C=O) groups excluding carboxylic acids is 1. The second-order valence-corrected chi connectivity index (χ2v) is 7.59. The zero-order chi connectivity index (χ0) is 20.4. The number of hydrogen-bond donors (Lipinski definition) is 1. The average molecular weight is 391 g/mol. The van der Waals surface area contributed by atoms with Gasteiger partial charge in [0.05, 0.1) is 0 Å². The van der Waals surface area contributed by atoms with E-state index < -0.39 is 0 Å². The third kappa shape index (κ3) is 3.90. The fourth-order valence-corrected chi connectivity index (χ4v) is 3.95. The van der Waals surface area contributed by atoms with Crippen LogP contribution in [0.3, 0.4) is 0 Å². The number of benzene rings is 2. The first-order chi connectivity index (χ1) is 14.1. The summed E-state index contributed by atoms with van der Waals surface area (Å²) in [6.07, 6.45) is 3.66. The van der Waals surface area contributed by atoms with Crippen LogP contribution in [0, 0.1) is 0 Å². The highest BCUT2D eigenvalue weighted by molar-refractivity contribution is 5.92. The lowest BCUT2D eigenvalue weighted by Crippen LogP contribution is -2.21. The number of amides is 1. The standard InChI is InChI=1S/C24H25NO4/c1-3-15(2)17-7-4-5-10-21(17)25-23(26)14-28-16-11-12-19-18-8-6-9-20(18)24(27)29-22(19)13-16/h4-5,7,10-13,15H,3,6,8-9,14H2,1-2H3,(H,25,26)/t15-/m0/s1. The van der Waals surface area contributed by atoms with Gasteiger partial charge in [0.2, 0.25) is 0 Å². The molecular weight excluding hydrogens is 366 g/mol. The van der Waals surface area contributed by atoms with Gasteiger partial charge in [-0.25, -0.2) is 4.79 Å². The highest BCUT2D eigenvalue weighted by atomic mass is 16.5. The lowest BCUT2D eigenvalue weighted by atomic mass is 9.97. The van der Waals surface area contributed by atoms with Crippen LogP contribution in [0.2, 0.25) is 0 Å². The maximum atomic E-state index is 12.4. The van der Waals surface area contributed by atoms with Crippen molar-refractivity contribution in [2.24, 2.45) is 0 Å². The van der Waals surface area contributed by atoms with E-state index >= 15 is 0 Å². The van der Waals surface area contributed by atoms with E-state index in [1.807, 2.05) is 36.4 Å². The van der Waals surface area contributed by atoms with Crippen LogP contribution < -0.4 is 15.7 Å². The molecule has 4 rings (SSSR count). The predicted octanol–water partition coefficient (Wildman–Crippen LogP) is 4.81. The fourth-order valence-electron chi connectivity index (χ4n) is 3.95. The van der Waals surface area contributed by atoms with Gasteiger partial charge >= 0.3 is 5.63 Å². The van der Waals surface area contributed by atoms with Crippen LogP contribution in [-0.2, 0) is 17.6 Å². The van der Waals surface area contributed by atoms with Gasteiger partial charge in [-0.15, -0.1) is 0 Å². The number of rotatable bonds is 6. The number of ether oxygens (including phenoxy) is 1. The first-order valence-electron chi connectivity index (χ1n) is 10.2. The van der Waals surface area contributed by atoms with E-state index in [0.29, 0.717) is 17.3 Å². The van der Waals surface area contributed by atoms with Crippen molar-refractivity contribution < 1.29 is 13.9 Å². The Morgan fingerprint density at radius 3 is 2.79 bits per heavy atom. The summed E-state index contributed by atoms with van der Waals surface area (Å²) in [5.41, 5.74) is 4.06. The zero-order valence-electron chi connectivity index (χ0n) is 16.8. The molecular formula is C24H25NO4. The van der Waals surface area contributed by atoms with E-state index in [4.69, 9.17) is 9.15 Å². The van der Waals surface area contributed by atoms with Gasteiger partial charge in [0.25, 0.3) is 5.91 Å². The molecule has 1 heterocycles. The lowest BCUT2D eigenvalue weighted by Gasteiger charge is -2.16. The molecule has 0 unspecified atom stereocenters. The molecule has 5 heteroatoms. The van der Waals surface area contributed by atoms with Crippen molar-refractivity contribution in [3.05, 3.63) is 69.6 Å². The molecule has 1 atom stereocenters. The highest BCUT2D eigenvalue weighted by Gasteiger charge is 2.20. The van der Waals surface area contributed by atoms with Gasteiger partial charge in [-0.1, -0.05) is 32.0 Å². The largest absolute Gasteiger partial charge is 0.484 e. The Bertz CT molecular complexity index is 1120. The Labute approximate surface area is 169 Å². The van der Waals surface area contributed by atoms with Gasteiger partial charge in [-0.05, 0) is 60.9 Å². The number of fused-ring (bicyclic) bond motifs is 3. The molecule has 1 aromatic heterocycles. The third-order valence-electron chi connectivity index (χ3n) is 5.69. The molecule has 0 fully saturated rings. The van der Waals surface area contributed by atoms with Crippen LogP contribution >= 0.6 is 0 Å². The molecule has 0 radical (unpaired) electrons. The molecule has 0 saturated carbocycles. The summed E-state index contributed by atoms with van der Waals surface area (Å²) in [5, 5.41) is 3.89. The van der Waals surface area contributed by atoms with Crippen molar-refractivity contribution in [2.75, 3.05) is 11.9 Å². The van der Waals surface area contributed by atoms with Gasteiger partial charge in [-0.2, -0.15) is 0 Å². The lowest BCUT2D eigenvalue weighted by molar-refractivity contribution is -0.118. The number of nitrogens with one attached hydrogen (secondary N) is 1. The maximum absolute atomic E-state index is 12.4.